The summed E-state index contributed by atoms with van der Waals surface area (Å²) in [6.45, 7) is 1.28. The van der Waals surface area contributed by atoms with E-state index in [1.807, 2.05) is 0 Å². The van der Waals surface area contributed by atoms with Crippen LogP contribution in [0.15, 0.2) is 23.0 Å². The first kappa shape index (κ1) is 15.0. The van der Waals surface area contributed by atoms with Gasteiger partial charge in [-0.1, -0.05) is 0 Å². The lowest BCUT2D eigenvalue weighted by Crippen LogP contribution is -2.24. The molecular weight excluding hydrogens is 323 g/mol. The maximum atomic E-state index is 13.2. The number of nitrogens with zero attached hydrogens (tertiary/aromatic N) is 3. The van der Waals surface area contributed by atoms with Gasteiger partial charge in [-0.3, -0.25) is 4.57 Å². The van der Waals surface area contributed by atoms with Crippen LogP contribution in [-0.2, 0) is 13.2 Å². The van der Waals surface area contributed by atoms with Crippen LogP contribution in [0.5, 0.6) is 5.88 Å². The van der Waals surface area contributed by atoms with Gasteiger partial charge in [-0.05, 0) is 30.5 Å². The Bertz CT molecular complexity index is 845. The van der Waals surface area contributed by atoms with Crippen molar-refractivity contribution in [2.24, 2.45) is 0 Å². The topological polar surface area (TPSA) is 47.4 Å². The molecule has 1 atom stereocenters. The Balaban J connectivity index is 1.57. The zero-order chi connectivity index (χ0) is 16.8. The highest BCUT2D eigenvalue weighted by atomic mass is 19.2. The fraction of sp³-hybridized carbons (Fsp3) is 0.375. The summed E-state index contributed by atoms with van der Waals surface area (Å²) in [5.41, 5.74) is -0.291. The minimum atomic E-state index is -1.52. The molecule has 1 aromatic heterocycles. The van der Waals surface area contributed by atoms with Gasteiger partial charge in [-0.15, -0.1) is 0 Å². The van der Waals surface area contributed by atoms with E-state index in [-0.39, 0.29) is 18.1 Å². The highest BCUT2D eigenvalue weighted by Crippen LogP contribution is 2.33. The third kappa shape index (κ3) is 2.42. The minimum absolute atomic E-state index is 0.0870. The molecule has 24 heavy (non-hydrogen) atoms. The molecular formula is C16H14F3N3O2. The van der Waals surface area contributed by atoms with Crippen molar-refractivity contribution in [3.05, 3.63) is 51.7 Å². The maximum Gasteiger partial charge on any atom is 0.352 e. The van der Waals surface area contributed by atoms with E-state index in [1.54, 1.807) is 10.6 Å². The molecule has 1 saturated heterocycles. The van der Waals surface area contributed by atoms with Crippen LogP contribution >= 0.6 is 0 Å². The minimum Gasteiger partial charge on any atom is -0.473 e. The van der Waals surface area contributed by atoms with Crippen molar-refractivity contribution in [3.63, 3.8) is 0 Å². The smallest absolute Gasteiger partial charge is 0.352 e. The number of anilines is 1. The summed E-state index contributed by atoms with van der Waals surface area (Å²) in [6.07, 6.45) is 2.11. The Morgan fingerprint density at radius 2 is 1.96 bits per heavy atom. The molecule has 5 nitrogen and oxygen atoms in total. The zero-order valence-corrected chi connectivity index (χ0v) is 12.6. The lowest BCUT2D eigenvalue weighted by atomic mass is 10.2. The first-order valence-corrected chi connectivity index (χ1v) is 7.67. The van der Waals surface area contributed by atoms with Crippen LogP contribution in [0, 0.1) is 17.5 Å². The fourth-order valence-corrected chi connectivity index (χ4v) is 3.34. The number of fused-ring (bicyclic) bond motifs is 3. The highest BCUT2D eigenvalue weighted by molar-refractivity contribution is 5.48. The van der Waals surface area contributed by atoms with E-state index in [4.69, 9.17) is 4.74 Å². The molecule has 8 heteroatoms. The average molecular weight is 337 g/mol. The first-order chi connectivity index (χ1) is 11.5. The molecule has 0 aliphatic carbocycles. The molecule has 0 N–H and O–H groups in total. The predicted octanol–water partition coefficient (Wildman–Crippen LogP) is 2.22. The third-order valence-corrected chi connectivity index (χ3v) is 4.46. The maximum absolute atomic E-state index is 13.2. The Morgan fingerprint density at radius 1 is 1.21 bits per heavy atom. The van der Waals surface area contributed by atoms with Gasteiger partial charge in [0.2, 0.25) is 5.88 Å². The quantitative estimate of drug-likeness (QED) is 0.806. The van der Waals surface area contributed by atoms with Crippen LogP contribution in [0.3, 0.4) is 0 Å². The molecule has 126 valence electrons. The number of ether oxygens (including phenoxy) is 1. The number of aromatic nitrogens is 2. The number of hydrogen-bond donors (Lipinski definition) is 0. The van der Waals surface area contributed by atoms with Crippen molar-refractivity contribution >= 4 is 5.82 Å². The lowest BCUT2D eigenvalue weighted by molar-refractivity contribution is 0.289. The van der Waals surface area contributed by atoms with Crippen molar-refractivity contribution in [2.75, 3.05) is 11.4 Å². The van der Waals surface area contributed by atoms with Crippen molar-refractivity contribution in [2.45, 2.75) is 32.0 Å². The summed E-state index contributed by atoms with van der Waals surface area (Å²) in [4.78, 5) is 18.1. The number of halogens is 3. The van der Waals surface area contributed by atoms with Crippen LogP contribution in [0.1, 0.15) is 18.4 Å². The van der Waals surface area contributed by atoms with Crippen LogP contribution in [0.2, 0.25) is 0 Å². The first-order valence-electron chi connectivity index (χ1n) is 7.67. The summed E-state index contributed by atoms with van der Waals surface area (Å²) in [6, 6.07) is 3.68. The summed E-state index contributed by atoms with van der Waals surface area (Å²) >= 11 is 0. The molecule has 0 unspecified atom stereocenters. The van der Waals surface area contributed by atoms with E-state index in [1.165, 1.54) is 0 Å². The summed E-state index contributed by atoms with van der Waals surface area (Å²) in [5, 5.41) is 0. The Labute approximate surface area is 135 Å². The van der Waals surface area contributed by atoms with E-state index in [9.17, 15) is 18.0 Å². The number of hydrogen-bond acceptors (Lipinski definition) is 4. The second-order valence-corrected chi connectivity index (χ2v) is 6.00. The van der Waals surface area contributed by atoms with Gasteiger partial charge in [0.25, 0.3) is 0 Å². The molecule has 1 aromatic carbocycles. The molecule has 3 heterocycles. The number of benzene rings is 1. The van der Waals surface area contributed by atoms with Crippen molar-refractivity contribution in [1.29, 1.82) is 0 Å². The van der Waals surface area contributed by atoms with E-state index >= 15 is 0 Å². The predicted molar refractivity (Wildman–Crippen MR) is 79.5 cm³/mol. The van der Waals surface area contributed by atoms with Gasteiger partial charge < -0.3 is 9.64 Å². The molecule has 0 spiro atoms. The van der Waals surface area contributed by atoms with Gasteiger partial charge in [0.15, 0.2) is 17.5 Å². The fourth-order valence-electron chi connectivity index (χ4n) is 3.34. The van der Waals surface area contributed by atoms with Gasteiger partial charge >= 0.3 is 5.69 Å². The standard InChI is InChI=1S/C16H14F3N3O2/c17-11-4-9(5-12(18)15(11)19)8-24-13-6-14-21-3-1-2-10(21)7-22(14)16(23)20-13/h4-6,10H,1-3,7-8H2/t10-/m0/s1. The zero-order valence-electron chi connectivity index (χ0n) is 12.6. The monoisotopic (exact) mass is 337 g/mol. The lowest BCUT2D eigenvalue weighted by Gasteiger charge is -2.17. The number of rotatable bonds is 3. The molecule has 0 radical (unpaired) electrons. The van der Waals surface area contributed by atoms with Gasteiger partial charge in [-0.2, -0.15) is 4.98 Å². The Hall–Kier alpha value is -2.51. The third-order valence-electron chi connectivity index (χ3n) is 4.46. The average Bonchev–Trinajstić information content (AvgIpc) is 3.12. The van der Waals surface area contributed by atoms with Crippen molar-refractivity contribution < 1.29 is 17.9 Å². The van der Waals surface area contributed by atoms with E-state index in [2.05, 4.69) is 9.88 Å². The van der Waals surface area contributed by atoms with Gasteiger partial charge in [0.1, 0.15) is 12.4 Å². The molecule has 4 rings (SSSR count). The Kier molecular flexibility index (Phi) is 3.47. The van der Waals surface area contributed by atoms with Crippen LogP contribution in [0.25, 0.3) is 0 Å². The Morgan fingerprint density at radius 3 is 2.71 bits per heavy atom. The van der Waals surface area contributed by atoms with E-state index in [0.29, 0.717) is 12.6 Å². The highest BCUT2D eigenvalue weighted by Gasteiger charge is 2.34. The van der Waals surface area contributed by atoms with Crippen molar-refractivity contribution in [3.8, 4) is 5.88 Å². The SMILES string of the molecule is O=c1nc(OCc2cc(F)c(F)c(F)c2)cc2n1C[C@@H]1CCCN21. The summed E-state index contributed by atoms with van der Waals surface area (Å²) < 4.78 is 46.4. The second-order valence-electron chi connectivity index (χ2n) is 6.00. The summed E-state index contributed by atoms with van der Waals surface area (Å²) in [5.74, 6) is -3.24. The molecule has 0 amide bonds. The molecule has 1 fully saturated rings. The molecule has 2 aromatic rings. The van der Waals surface area contributed by atoms with Crippen LogP contribution in [-0.4, -0.2) is 22.1 Å². The molecule has 2 aliphatic heterocycles. The van der Waals surface area contributed by atoms with Gasteiger partial charge in [0, 0.05) is 25.2 Å². The largest absolute Gasteiger partial charge is 0.473 e. The van der Waals surface area contributed by atoms with Gasteiger partial charge in [-0.25, -0.2) is 18.0 Å². The van der Waals surface area contributed by atoms with Crippen LogP contribution in [0.4, 0.5) is 19.0 Å². The van der Waals surface area contributed by atoms with E-state index in [0.717, 1.165) is 37.3 Å². The molecule has 0 bridgehead atoms. The normalized spacial score (nSPS) is 18.6. The van der Waals surface area contributed by atoms with Gasteiger partial charge in [0.05, 0.1) is 0 Å². The summed E-state index contributed by atoms with van der Waals surface area (Å²) in [7, 11) is 0. The van der Waals surface area contributed by atoms with E-state index < -0.39 is 23.1 Å². The molecule has 2 aliphatic rings. The second kappa shape index (κ2) is 5.54. The van der Waals surface area contributed by atoms with Crippen LogP contribution < -0.4 is 15.3 Å². The molecule has 0 saturated carbocycles. The van der Waals surface area contributed by atoms with Crippen molar-refractivity contribution in [1.82, 2.24) is 9.55 Å².